The van der Waals surface area contributed by atoms with Crippen LogP contribution < -0.4 is 5.32 Å². The molecule has 1 N–H and O–H groups in total. The third kappa shape index (κ3) is 4.80. The van der Waals surface area contributed by atoms with Gasteiger partial charge in [0.15, 0.2) is 0 Å². The standard InChI is InChI=1S/C23H25FN6O/c1-28(2)14-17-13-21(18-7-3-4-8-19(18)24)27-30(17)12-11-25-23(31)15-29-16-26-20-9-5-6-10-22(20)29/h3-10,13,16H,11-12,14-15H2,1-2H3,(H,25,31). The Balaban J connectivity index is 1.42. The number of nitrogens with zero attached hydrogens (tertiary/aromatic N) is 5. The molecule has 0 aliphatic rings. The van der Waals surface area contributed by atoms with Crippen LogP contribution in [0, 0.1) is 5.82 Å². The molecule has 0 saturated heterocycles. The molecule has 0 radical (unpaired) electrons. The zero-order valence-corrected chi connectivity index (χ0v) is 17.6. The van der Waals surface area contributed by atoms with E-state index < -0.39 is 0 Å². The van der Waals surface area contributed by atoms with Gasteiger partial charge in [-0.3, -0.25) is 9.48 Å². The number of carbonyl (C=O) groups is 1. The zero-order valence-electron chi connectivity index (χ0n) is 17.6. The summed E-state index contributed by atoms with van der Waals surface area (Å²) in [7, 11) is 3.94. The highest BCUT2D eigenvalue weighted by Crippen LogP contribution is 2.22. The molecular weight excluding hydrogens is 395 g/mol. The Morgan fingerprint density at radius 3 is 2.71 bits per heavy atom. The van der Waals surface area contributed by atoms with Crippen LogP contribution in [0.2, 0.25) is 0 Å². The van der Waals surface area contributed by atoms with Crippen LogP contribution in [0.4, 0.5) is 4.39 Å². The Morgan fingerprint density at radius 1 is 1.13 bits per heavy atom. The van der Waals surface area contributed by atoms with Crippen molar-refractivity contribution < 1.29 is 9.18 Å². The quantitative estimate of drug-likeness (QED) is 0.476. The minimum absolute atomic E-state index is 0.0983. The number of para-hydroxylation sites is 2. The van der Waals surface area contributed by atoms with Crippen molar-refractivity contribution in [2.75, 3.05) is 20.6 Å². The second-order valence-corrected chi connectivity index (χ2v) is 7.67. The Bertz CT molecular complexity index is 1200. The first-order chi connectivity index (χ1) is 15.0. The average Bonchev–Trinajstić information content (AvgIpc) is 3.32. The van der Waals surface area contributed by atoms with E-state index in [1.807, 2.05) is 58.6 Å². The van der Waals surface area contributed by atoms with Gasteiger partial charge in [0.1, 0.15) is 12.4 Å². The first kappa shape index (κ1) is 20.7. The second-order valence-electron chi connectivity index (χ2n) is 7.67. The van der Waals surface area contributed by atoms with Crippen LogP contribution in [0.3, 0.4) is 0 Å². The summed E-state index contributed by atoms with van der Waals surface area (Å²) in [5.41, 5.74) is 3.80. The zero-order chi connectivity index (χ0) is 21.8. The smallest absolute Gasteiger partial charge is 0.240 e. The molecule has 0 fully saturated rings. The van der Waals surface area contributed by atoms with Gasteiger partial charge in [-0.15, -0.1) is 0 Å². The maximum atomic E-state index is 14.2. The number of carbonyl (C=O) groups excluding carboxylic acids is 1. The van der Waals surface area contributed by atoms with Gasteiger partial charge in [-0.25, -0.2) is 9.37 Å². The van der Waals surface area contributed by atoms with Crippen LogP contribution in [0.25, 0.3) is 22.3 Å². The summed E-state index contributed by atoms with van der Waals surface area (Å²) in [6.07, 6.45) is 1.67. The van der Waals surface area contributed by atoms with Gasteiger partial charge in [0, 0.05) is 18.7 Å². The van der Waals surface area contributed by atoms with E-state index in [-0.39, 0.29) is 18.3 Å². The third-order valence-electron chi connectivity index (χ3n) is 4.98. The second kappa shape index (κ2) is 9.09. The van der Waals surface area contributed by atoms with E-state index in [0.29, 0.717) is 30.9 Å². The lowest BCUT2D eigenvalue weighted by molar-refractivity contribution is -0.121. The van der Waals surface area contributed by atoms with Gasteiger partial charge in [-0.05, 0) is 44.4 Å². The molecule has 1 amide bonds. The van der Waals surface area contributed by atoms with Crippen molar-refractivity contribution in [3.8, 4) is 11.3 Å². The number of benzene rings is 2. The van der Waals surface area contributed by atoms with E-state index >= 15 is 0 Å². The molecule has 2 aromatic carbocycles. The number of fused-ring (bicyclic) bond motifs is 1. The van der Waals surface area contributed by atoms with Crippen molar-refractivity contribution in [3.63, 3.8) is 0 Å². The van der Waals surface area contributed by atoms with Crippen molar-refractivity contribution >= 4 is 16.9 Å². The number of halogens is 1. The van der Waals surface area contributed by atoms with Gasteiger partial charge in [0.25, 0.3) is 0 Å². The summed E-state index contributed by atoms with van der Waals surface area (Å²) in [4.78, 5) is 18.8. The predicted molar refractivity (Wildman–Crippen MR) is 118 cm³/mol. The third-order valence-corrected chi connectivity index (χ3v) is 4.98. The lowest BCUT2D eigenvalue weighted by Crippen LogP contribution is -2.31. The molecule has 0 spiro atoms. The molecule has 0 atom stereocenters. The minimum Gasteiger partial charge on any atom is -0.353 e. The average molecular weight is 420 g/mol. The van der Waals surface area contributed by atoms with Crippen molar-refractivity contribution in [1.29, 1.82) is 0 Å². The number of imidazole rings is 1. The van der Waals surface area contributed by atoms with E-state index in [2.05, 4.69) is 15.4 Å². The molecule has 160 valence electrons. The molecule has 8 heteroatoms. The van der Waals surface area contributed by atoms with Gasteiger partial charge in [0.05, 0.1) is 35.3 Å². The predicted octanol–water partition coefficient (Wildman–Crippen LogP) is 2.92. The first-order valence-electron chi connectivity index (χ1n) is 10.1. The summed E-state index contributed by atoms with van der Waals surface area (Å²) in [5, 5.41) is 7.53. The number of nitrogens with one attached hydrogen (secondary N) is 1. The number of hydrogen-bond donors (Lipinski definition) is 1. The normalized spacial score (nSPS) is 11.4. The summed E-state index contributed by atoms with van der Waals surface area (Å²) in [6, 6.07) is 16.2. The Morgan fingerprint density at radius 2 is 1.90 bits per heavy atom. The van der Waals surface area contributed by atoms with Gasteiger partial charge < -0.3 is 14.8 Å². The maximum absolute atomic E-state index is 14.2. The summed E-state index contributed by atoms with van der Waals surface area (Å²) in [5.74, 6) is -0.400. The van der Waals surface area contributed by atoms with Gasteiger partial charge >= 0.3 is 0 Å². The monoisotopic (exact) mass is 420 g/mol. The highest BCUT2D eigenvalue weighted by Gasteiger charge is 2.14. The van der Waals surface area contributed by atoms with Crippen LogP contribution in [0.5, 0.6) is 0 Å². The molecule has 0 aliphatic heterocycles. The topological polar surface area (TPSA) is 68.0 Å². The number of rotatable bonds is 8. The Labute approximate surface area is 180 Å². The maximum Gasteiger partial charge on any atom is 0.240 e. The van der Waals surface area contributed by atoms with Crippen LogP contribution in [0.15, 0.2) is 60.9 Å². The fourth-order valence-corrected chi connectivity index (χ4v) is 3.55. The molecular formula is C23H25FN6O. The SMILES string of the molecule is CN(C)Cc1cc(-c2ccccc2F)nn1CCNC(=O)Cn1cnc2ccccc21. The number of amides is 1. The minimum atomic E-state index is -0.301. The summed E-state index contributed by atoms with van der Waals surface area (Å²) >= 11 is 0. The number of hydrogen-bond acceptors (Lipinski definition) is 4. The first-order valence-corrected chi connectivity index (χ1v) is 10.1. The molecule has 7 nitrogen and oxygen atoms in total. The molecule has 0 bridgehead atoms. The van der Waals surface area contributed by atoms with Crippen molar-refractivity contribution in [1.82, 2.24) is 29.5 Å². The van der Waals surface area contributed by atoms with E-state index in [9.17, 15) is 9.18 Å². The lowest BCUT2D eigenvalue weighted by atomic mass is 10.1. The molecule has 2 aromatic heterocycles. The van der Waals surface area contributed by atoms with Gasteiger partial charge in [-0.2, -0.15) is 5.10 Å². The van der Waals surface area contributed by atoms with Crippen LogP contribution in [-0.2, 0) is 24.4 Å². The summed E-state index contributed by atoms with van der Waals surface area (Å²) in [6.45, 7) is 1.78. The van der Waals surface area contributed by atoms with Crippen molar-refractivity contribution in [3.05, 3.63) is 72.4 Å². The summed E-state index contributed by atoms with van der Waals surface area (Å²) < 4.78 is 17.9. The molecule has 0 aliphatic carbocycles. The van der Waals surface area contributed by atoms with E-state index in [4.69, 9.17) is 0 Å². The lowest BCUT2D eigenvalue weighted by Gasteiger charge is -2.12. The number of aromatic nitrogens is 4. The van der Waals surface area contributed by atoms with E-state index in [0.717, 1.165) is 16.7 Å². The Hall–Kier alpha value is -3.52. The molecule has 0 unspecified atom stereocenters. The van der Waals surface area contributed by atoms with Crippen LogP contribution >= 0.6 is 0 Å². The molecule has 4 rings (SSSR count). The fourth-order valence-electron chi connectivity index (χ4n) is 3.55. The largest absolute Gasteiger partial charge is 0.353 e. The van der Waals surface area contributed by atoms with Crippen molar-refractivity contribution in [2.24, 2.45) is 0 Å². The highest BCUT2D eigenvalue weighted by molar-refractivity contribution is 5.80. The molecule has 31 heavy (non-hydrogen) atoms. The van der Waals surface area contributed by atoms with Crippen LogP contribution in [0.1, 0.15) is 5.69 Å². The Kier molecular flexibility index (Phi) is 6.08. The fraction of sp³-hybridized carbons (Fsp3) is 0.261. The van der Waals surface area contributed by atoms with Crippen LogP contribution in [-0.4, -0.2) is 50.8 Å². The highest BCUT2D eigenvalue weighted by atomic mass is 19.1. The molecule has 4 aromatic rings. The van der Waals surface area contributed by atoms with Gasteiger partial charge in [0.2, 0.25) is 5.91 Å². The van der Waals surface area contributed by atoms with Gasteiger partial charge in [-0.1, -0.05) is 24.3 Å². The van der Waals surface area contributed by atoms with Crippen molar-refractivity contribution in [2.45, 2.75) is 19.6 Å². The van der Waals surface area contributed by atoms with E-state index in [1.54, 1.807) is 24.5 Å². The van der Waals surface area contributed by atoms with E-state index in [1.165, 1.54) is 6.07 Å². The molecule has 2 heterocycles. The molecule has 0 saturated carbocycles.